The molecular formula is C18H9F6N3O2. The van der Waals surface area contributed by atoms with E-state index in [-0.39, 0.29) is 11.6 Å². The van der Waals surface area contributed by atoms with Crippen molar-refractivity contribution in [1.29, 1.82) is 0 Å². The highest BCUT2D eigenvalue weighted by atomic mass is 19.4. The van der Waals surface area contributed by atoms with Gasteiger partial charge in [0.15, 0.2) is 17.1 Å². The first-order chi connectivity index (χ1) is 13.6. The zero-order valence-electron chi connectivity index (χ0n) is 14.1. The molecule has 0 bridgehead atoms. The van der Waals surface area contributed by atoms with Crippen LogP contribution < -0.4 is 4.74 Å². The topological polar surface area (TPSA) is 53.1 Å². The lowest BCUT2D eigenvalue weighted by Crippen LogP contribution is -2.16. The summed E-state index contributed by atoms with van der Waals surface area (Å²) < 4.78 is 85.2. The molecule has 150 valence electrons. The predicted octanol–water partition coefficient (Wildman–Crippen LogP) is 5.60. The fraction of sp³-hybridized carbons (Fsp3) is 0.111. The quantitative estimate of drug-likeness (QED) is 0.411. The summed E-state index contributed by atoms with van der Waals surface area (Å²) >= 11 is 0. The molecule has 0 unspecified atom stereocenters. The monoisotopic (exact) mass is 413 g/mol. The van der Waals surface area contributed by atoms with Crippen molar-refractivity contribution in [2.75, 3.05) is 0 Å². The SMILES string of the molecule is FC(F)(F)Oc1ccc(-c2ccc3onc(-n4cnc(C(F)(F)F)c4)c3c2)cc1. The van der Waals surface area contributed by atoms with E-state index in [9.17, 15) is 26.3 Å². The van der Waals surface area contributed by atoms with Gasteiger partial charge in [-0.3, -0.25) is 4.57 Å². The summed E-state index contributed by atoms with van der Waals surface area (Å²) in [6, 6.07) is 9.98. The fourth-order valence-corrected chi connectivity index (χ4v) is 2.73. The summed E-state index contributed by atoms with van der Waals surface area (Å²) in [5.41, 5.74) is 0.403. The molecule has 0 aliphatic heterocycles. The Morgan fingerprint density at radius 2 is 1.59 bits per heavy atom. The Labute approximate surface area is 158 Å². The second kappa shape index (κ2) is 6.54. The summed E-state index contributed by atoms with van der Waals surface area (Å²) in [7, 11) is 0. The summed E-state index contributed by atoms with van der Waals surface area (Å²) in [4.78, 5) is 3.32. The van der Waals surface area contributed by atoms with Crippen LogP contribution in [0, 0.1) is 0 Å². The zero-order chi connectivity index (χ0) is 20.8. The Morgan fingerprint density at radius 3 is 2.21 bits per heavy atom. The molecule has 2 aromatic heterocycles. The third-order valence-electron chi connectivity index (χ3n) is 3.99. The molecule has 0 fully saturated rings. The number of hydrogen-bond donors (Lipinski definition) is 0. The van der Waals surface area contributed by atoms with Gasteiger partial charge in [0.1, 0.15) is 12.1 Å². The van der Waals surface area contributed by atoms with Crippen molar-refractivity contribution in [3.05, 3.63) is 60.7 Å². The molecule has 0 radical (unpaired) electrons. The van der Waals surface area contributed by atoms with E-state index in [1.165, 1.54) is 12.1 Å². The van der Waals surface area contributed by atoms with Crippen molar-refractivity contribution in [2.45, 2.75) is 12.5 Å². The third-order valence-corrected chi connectivity index (χ3v) is 3.99. The van der Waals surface area contributed by atoms with Crippen LogP contribution in [0.2, 0.25) is 0 Å². The summed E-state index contributed by atoms with van der Waals surface area (Å²) in [5, 5.41) is 4.19. The molecule has 2 aromatic carbocycles. The van der Waals surface area contributed by atoms with E-state index in [2.05, 4.69) is 14.9 Å². The Hall–Kier alpha value is -3.50. The minimum absolute atomic E-state index is 0.0990. The minimum Gasteiger partial charge on any atom is -0.406 e. The average molecular weight is 413 g/mol. The number of nitrogens with zero attached hydrogens (tertiary/aromatic N) is 3. The first kappa shape index (κ1) is 18.8. The smallest absolute Gasteiger partial charge is 0.406 e. The molecule has 4 aromatic rings. The van der Waals surface area contributed by atoms with E-state index in [4.69, 9.17) is 4.52 Å². The number of halogens is 6. The van der Waals surface area contributed by atoms with E-state index in [0.29, 0.717) is 22.1 Å². The van der Waals surface area contributed by atoms with Crippen LogP contribution >= 0.6 is 0 Å². The van der Waals surface area contributed by atoms with Crippen molar-refractivity contribution < 1.29 is 35.6 Å². The number of benzene rings is 2. The zero-order valence-corrected chi connectivity index (χ0v) is 14.1. The highest BCUT2D eigenvalue weighted by Gasteiger charge is 2.34. The maximum absolute atomic E-state index is 12.8. The molecule has 0 amide bonds. The maximum atomic E-state index is 12.8. The van der Waals surface area contributed by atoms with Crippen LogP contribution in [0.5, 0.6) is 5.75 Å². The fourth-order valence-electron chi connectivity index (χ4n) is 2.73. The van der Waals surface area contributed by atoms with Gasteiger partial charge in [0.2, 0.25) is 0 Å². The molecule has 0 aliphatic carbocycles. The van der Waals surface area contributed by atoms with Gasteiger partial charge in [0, 0.05) is 6.20 Å². The highest BCUT2D eigenvalue weighted by Crippen LogP contribution is 2.32. The number of aromatic nitrogens is 3. The van der Waals surface area contributed by atoms with Gasteiger partial charge in [-0.1, -0.05) is 23.4 Å². The molecule has 4 rings (SSSR count). The van der Waals surface area contributed by atoms with Crippen LogP contribution in [0.15, 0.2) is 59.5 Å². The van der Waals surface area contributed by atoms with Crippen molar-refractivity contribution >= 4 is 11.0 Å². The average Bonchev–Trinajstić information content (AvgIpc) is 3.27. The standard InChI is InChI=1S/C18H9F6N3O2/c19-17(20,21)15-8-27(9-25-15)16-13-7-11(3-6-14(13)29-26-16)10-1-4-12(5-2-10)28-18(22,23)24/h1-9H. The molecule has 0 spiro atoms. The Bertz CT molecular complexity index is 1160. The number of rotatable bonds is 3. The Morgan fingerprint density at radius 1 is 0.897 bits per heavy atom. The van der Waals surface area contributed by atoms with E-state index in [0.717, 1.165) is 29.2 Å². The minimum atomic E-state index is -4.79. The molecule has 11 heteroatoms. The first-order valence-electron chi connectivity index (χ1n) is 7.97. The van der Waals surface area contributed by atoms with E-state index < -0.39 is 18.2 Å². The maximum Gasteiger partial charge on any atom is 0.573 e. The van der Waals surface area contributed by atoms with E-state index in [1.54, 1.807) is 18.2 Å². The molecule has 5 nitrogen and oxygen atoms in total. The lowest BCUT2D eigenvalue weighted by molar-refractivity contribution is -0.274. The van der Waals surface area contributed by atoms with Crippen molar-refractivity contribution in [1.82, 2.24) is 14.7 Å². The number of imidazole rings is 1. The van der Waals surface area contributed by atoms with Crippen LogP contribution in [-0.2, 0) is 6.18 Å². The number of alkyl halides is 6. The summed E-state index contributed by atoms with van der Waals surface area (Å²) in [6.45, 7) is 0. The second-order valence-electron chi connectivity index (χ2n) is 5.95. The van der Waals surface area contributed by atoms with Gasteiger partial charge >= 0.3 is 12.5 Å². The lowest BCUT2D eigenvalue weighted by Gasteiger charge is -2.09. The number of fused-ring (bicyclic) bond motifs is 1. The Balaban J connectivity index is 1.69. The van der Waals surface area contributed by atoms with Gasteiger partial charge in [0.25, 0.3) is 0 Å². The van der Waals surface area contributed by atoms with Crippen molar-refractivity contribution in [3.63, 3.8) is 0 Å². The van der Waals surface area contributed by atoms with Gasteiger partial charge in [-0.05, 0) is 35.4 Å². The summed E-state index contributed by atoms with van der Waals surface area (Å²) in [5.74, 6) is -0.270. The first-order valence-corrected chi connectivity index (χ1v) is 7.97. The van der Waals surface area contributed by atoms with Gasteiger partial charge in [-0.15, -0.1) is 13.2 Å². The predicted molar refractivity (Wildman–Crippen MR) is 88.3 cm³/mol. The highest BCUT2D eigenvalue weighted by molar-refractivity contribution is 5.88. The van der Waals surface area contributed by atoms with Crippen LogP contribution in [0.3, 0.4) is 0 Å². The molecule has 0 atom stereocenters. The van der Waals surface area contributed by atoms with E-state index in [1.807, 2.05) is 0 Å². The van der Waals surface area contributed by atoms with Gasteiger partial charge in [-0.2, -0.15) is 13.2 Å². The molecule has 0 saturated carbocycles. The molecule has 0 N–H and O–H groups in total. The summed E-state index contributed by atoms with van der Waals surface area (Å²) in [6.07, 6.45) is -7.64. The molecule has 2 heterocycles. The van der Waals surface area contributed by atoms with Gasteiger partial charge in [0.05, 0.1) is 5.39 Å². The molecule has 0 aliphatic rings. The van der Waals surface area contributed by atoms with Gasteiger partial charge in [-0.25, -0.2) is 4.98 Å². The lowest BCUT2D eigenvalue weighted by atomic mass is 10.0. The Kier molecular flexibility index (Phi) is 4.25. The molecule has 29 heavy (non-hydrogen) atoms. The molecular weight excluding hydrogens is 404 g/mol. The third kappa shape index (κ3) is 3.89. The van der Waals surface area contributed by atoms with Crippen molar-refractivity contribution in [2.24, 2.45) is 0 Å². The van der Waals surface area contributed by atoms with Crippen molar-refractivity contribution in [3.8, 4) is 22.7 Å². The number of ether oxygens (including phenoxy) is 1. The van der Waals surface area contributed by atoms with Crippen LogP contribution in [0.25, 0.3) is 27.9 Å². The van der Waals surface area contributed by atoms with Crippen LogP contribution in [0.1, 0.15) is 5.69 Å². The normalized spacial score (nSPS) is 12.5. The largest absolute Gasteiger partial charge is 0.573 e. The number of hydrogen-bond acceptors (Lipinski definition) is 4. The van der Waals surface area contributed by atoms with Crippen LogP contribution in [0.4, 0.5) is 26.3 Å². The molecule has 0 saturated heterocycles. The second-order valence-corrected chi connectivity index (χ2v) is 5.95. The van der Waals surface area contributed by atoms with Gasteiger partial charge < -0.3 is 9.26 Å². The van der Waals surface area contributed by atoms with Crippen LogP contribution in [-0.4, -0.2) is 21.1 Å². The van der Waals surface area contributed by atoms with E-state index >= 15 is 0 Å².